The average molecular weight is 469 g/mol. The fraction of sp³-hybridized carbons (Fsp3) is 0.536. The van der Waals surface area contributed by atoms with Gasteiger partial charge in [0.25, 0.3) is 0 Å². The summed E-state index contributed by atoms with van der Waals surface area (Å²) in [5.41, 5.74) is 3.37. The zero-order valence-electron chi connectivity index (χ0n) is 21.0. The van der Waals surface area contributed by atoms with E-state index in [1.165, 1.54) is 5.56 Å². The zero-order valence-corrected chi connectivity index (χ0v) is 21.0. The lowest BCUT2D eigenvalue weighted by molar-refractivity contribution is -0.121. The van der Waals surface area contributed by atoms with E-state index >= 15 is 0 Å². The van der Waals surface area contributed by atoms with E-state index in [0.717, 1.165) is 68.1 Å². The Labute approximate surface area is 204 Å². The Balaban J connectivity index is 1.29. The van der Waals surface area contributed by atoms with Crippen LogP contribution in [0.15, 0.2) is 42.5 Å². The first kappa shape index (κ1) is 26.0. The van der Waals surface area contributed by atoms with Gasteiger partial charge in [0.2, 0.25) is 5.91 Å². The molecule has 0 bridgehead atoms. The molecule has 2 aromatic carbocycles. The second-order valence-corrected chi connectivity index (χ2v) is 9.17. The number of aryl methyl sites for hydroxylation is 2. The van der Waals surface area contributed by atoms with Crippen molar-refractivity contribution in [2.24, 2.45) is 0 Å². The van der Waals surface area contributed by atoms with Crippen molar-refractivity contribution >= 4 is 5.91 Å². The Morgan fingerprint density at radius 1 is 1.06 bits per heavy atom. The molecule has 1 saturated heterocycles. The van der Waals surface area contributed by atoms with Crippen molar-refractivity contribution in [3.8, 4) is 11.5 Å². The summed E-state index contributed by atoms with van der Waals surface area (Å²) in [6.45, 7) is 8.48. The number of nitrogens with zero attached hydrogens (tertiary/aromatic N) is 1. The van der Waals surface area contributed by atoms with Crippen LogP contribution >= 0.6 is 0 Å². The number of rotatable bonds is 13. The molecular formula is C28H40N2O4. The SMILES string of the molecule is Cc1ccc(C)c(OCCCCC(=O)NCc2cccc(OCCN(C)C3CCOCC3)c2)c1. The molecule has 0 unspecified atom stereocenters. The van der Waals surface area contributed by atoms with Crippen LogP contribution in [-0.4, -0.2) is 56.9 Å². The van der Waals surface area contributed by atoms with E-state index in [-0.39, 0.29) is 5.91 Å². The maximum absolute atomic E-state index is 12.2. The maximum Gasteiger partial charge on any atom is 0.220 e. The molecule has 1 fully saturated rings. The van der Waals surface area contributed by atoms with Crippen molar-refractivity contribution in [2.45, 2.75) is 58.5 Å². The minimum absolute atomic E-state index is 0.0659. The van der Waals surface area contributed by atoms with Crippen LogP contribution in [0.1, 0.15) is 48.8 Å². The molecule has 186 valence electrons. The van der Waals surface area contributed by atoms with Gasteiger partial charge in [0, 0.05) is 38.8 Å². The van der Waals surface area contributed by atoms with Crippen LogP contribution in [0.25, 0.3) is 0 Å². The second-order valence-electron chi connectivity index (χ2n) is 9.17. The number of hydrogen-bond acceptors (Lipinski definition) is 5. The van der Waals surface area contributed by atoms with Crippen LogP contribution in [0, 0.1) is 13.8 Å². The average Bonchev–Trinajstić information content (AvgIpc) is 2.85. The van der Waals surface area contributed by atoms with Crippen LogP contribution in [0.3, 0.4) is 0 Å². The van der Waals surface area contributed by atoms with Gasteiger partial charge in [-0.25, -0.2) is 0 Å². The first-order valence-corrected chi connectivity index (χ1v) is 12.5. The fourth-order valence-corrected chi connectivity index (χ4v) is 4.08. The van der Waals surface area contributed by atoms with E-state index in [2.05, 4.69) is 42.4 Å². The normalized spacial score (nSPS) is 14.2. The molecule has 1 amide bonds. The highest BCUT2D eigenvalue weighted by Crippen LogP contribution is 2.19. The van der Waals surface area contributed by atoms with Gasteiger partial charge in [-0.3, -0.25) is 9.69 Å². The summed E-state index contributed by atoms with van der Waals surface area (Å²) in [5.74, 6) is 1.84. The molecule has 0 saturated carbocycles. The van der Waals surface area contributed by atoms with Crippen LogP contribution in [0.4, 0.5) is 0 Å². The fourth-order valence-electron chi connectivity index (χ4n) is 4.08. The molecule has 0 radical (unpaired) electrons. The van der Waals surface area contributed by atoms with Crippen molar-refractivity contribution in [1.82, 2.24) is 10.2 Å². The molecule has 1 aliphatic heterocycles. The van der Waals surface area contributed by atoms with Gasteiger partial charge in [0.1, 0.15) is 18.1 Å². The predicted molar refractivity (Wildman–Crippen MR) is 136 cm³/mol. The number of unbranched alkanes of at least 4 members (excludes halogenated alkanes) is 1. The number of carbonyl (C=O) groups excluding carboxylic acids is 1. The number of carbonyl (C=O) groups is 1. The largest absolute Gasteiger partial charge is 0.493 e. The minimum Gasteiger partial charge on any atom is -0.493 e. The summed E-state index contributed by atoms with van der Waals surface area (Å²) in [6, 6.07) is 14.8. The molecule has 6 nitrogen and oxygen atoms in total. The third-order valence-electron chi connectivity index (χ3n) is 6.31. The molecule has 6 heteroatoms. The number of benzene rings is 2. The highest BCUT2D eigenvalue weighted by Gasteiger charge is 2.18. The number of ether oxygens (including phenoxy) is 3. The maximum atomic E-state index is 12.2. The predicted octanol–water partition coefficient (Wildman–Crippen LogP) is 4.66. The highest BCUT2D eigenvalue weighted by molar-refractivity contribution is 5.75. The summed E-state index contributed by atoms with van der Waals surface area (Å²) in [5, 5.41) is 3.01. The van der Waals surface area contributed by atoms with Gasteiger partial charge in [0.15, 0.2) is 0 Å². The summed E-state index contributed by atoms with van der Waals surface area (Å²) in [7, 11) is 2.15. The number of likely N-dealkylation sites (N-methyl/N-ethyl adjacent to an activating group) is 1. The minimum atomic E-state index is 0.0659. The summed E-state index contributed by atoms with van der Waals surface area (Å²) < 4.78 is 17.3. The van der Waals surface area contributed by atoms with E-state index in [1.54, 1.807) is 0 Å². The van der Waals surface area contributed by atoms with Crippen molar-refractivity contribution in [1.29, 1.82) is 0 Å². The van der Waals surface area contributed by atoms with Crippen molar-refractivity contribution in [2.75, 3.05) is 40.0 Å². The van der Waals surface area contributed by atoms with E-state index < -0.39 is 0 Å². The second kappa shape index (κ2) is 14.0. The van der Waals surface area contributed by atoms with Crippen LogP contribution in [0.2, 0.25) is 0 Å². The molecule has 2 aromatic rings. The molecule has 1 heterocycles. The van der Waals surface area contributed by atoms with Gasteiger partial charge >= 0.3 is 0 Å². The zero-order chi connectivity index (χ0) is 24.2. The summed E-state index contributed by atoms with van der Waals surface area (Å²) in [4.78, 5) is 14.6. The lowest BCUT2D eigenvalue weighted by Gasteiger charge is -2.31. The van der Waals surface area contributed by atoms with Crippen molar-refractivity contribution < 1.29 is 19.0 Å². The molecule has 0 spiro atoms. The Kier molecular flexibility index (Phi) is 10.7. The molecule has 3 rings (SSSR count). The van der Waals surface area contributed by atoms with E-state index in [4.69, 9.17) is 14.2 Å². The number of hydrogen-bond donors (Lipinski definition) is 1. The van der Waals surface area contributed by atoms with Crippen LogP contribution in [-0.2, 0) is 16.1 Å². The molecule has 0 aliphatic carbocycles. The van der Waals surface area contributed by atoms with E-state index in [1.807, 2.05) is 31.2 Å². The quantitative estimate of drug-likeness (QED) is 0.433. The van der Waals surface area contributed by atoms with Gasteiger partial charge in [0.05, 0.1) is 6.61 Å². The smallest absolute Gasteiger partial charge is 0.220 e. The summed E-state index contributed by atoms with van der Waals surface area (Å²) >= 11 is 0. The van der Waals surface area contributed by atoms with Gasteiger partial charge in [-0.2, -0.15) is 0 Å². The molecule has 0 atom stereocenters. The molecule has 1 N–H and O–H groups in total. The van der Waals surface area contributed by atoms with Gasteiger partial charge in [-0.05, 0) is 81.5 Å². The standard InChI is InChI=1S/C28H40N2O4/c1-22-10-11-23(2)27(19-22)34-15-5-4-9-28(31)29-21-24-7-6-8-26(20-24)33-18-14-30(3)25-12-16-32-17-13-25/h6-8,10-11,19-20,25H,4-5,9,12-18,21H2,1-3H3,(H,29,31). The summed E-state index contributed by atoms with van der Waals surface area (Å²) in [6.07, 6.45) is 4.34. The van der Waals surface area contributed by atoms with Gasteiger partial charge in [-0.1, -0.05) is 24.3 Å². The Bertz CT molecular complexity index is 896. The Morgan fingerprint density at radius 2 is 1.88 bits per heavy atom. The van der Waals surface area contributed by atoms with Crippen LogP contribution in [0.5, 0.6) is 11.5 Å². The van der Waals surface area contributed by atoms with Crippen molar-refractivity contribution in [3.63, 3.8) is 0 Å². The van der Waals surface area contributed by atoms with Gasteiger partial charge < -0.3 is 19.5 Å². The third-order valence-corrected chi connectivity index (χ3v) is 6.31. The first-order valence-electron chi connectivity index (χ1n) is 12.5. The first-order chi connectivity index (χ1) is 16.5. The third kappa shape index (κ3) is 8.99. The molecule has 1 aliphatic rings. The van der Waals surface area contributed by atoms with E-state index in [9.17, 15) is 4.79 Å². The lowest BCUT2D eigenvalue weighted by atomic mass is 10.1. The Hall–Kier alpha value is -2.57. The number of nitrogens with one attached hydrogen (secondary N) is 1. The topological polar surface area (TPSA) is 60.0 Å². The Morgan fingerprint density at radius 3 is 2.71 bits per heavy atom. The van der Waals surface area contributed by atoms with Crippen molar-refractivity contribution in [3.05, 3.63) is 59.2 Å². The monoisotopic (exact) mass is 468 g/mol. The van der Waals surface area contributed by atoms with Crippen LogP contribution < -0.4 is 14.8 Å². The number of amides is 1. The molecule has 0 aromatic heterocycles. The molecular weight excluding hydrogens is 428 g/mol. The highest BCUT2D eigenvalue weighted by atomic mass is 16.5. The lowest BCUT2D eigenvalue weighted by Crippen LogP contribution is -2.38. The molecule has 34 heavy (non-hydrogen) atoms. The van der Waals surface area contributed by atoms with Gasteiger partial charge in [-0.15, -0.1) is 0 Å². The van der Waals surface area contributed by atoms with E-state index in [0.29, 0.717) is 32.2 Å².